The van der Waals surface area contributed by atoms with Crippen molar-refractivity contribution in [3.63, 3.8) is 0 Å². The summed E-state index contributed by atoms with van der Waals surface area (Å²) in [5.74, 6) is -1.26. The molecule has 2 N–H and O–H groups in total. The first kappa shape index (κ1) is 17.2. The minimum Gasteiger partial charge on any atom is -0.480 e. The van der Waals surface area contributed by atoms with Gasteiger partial charge in [0.2, 0.25) is 10.0 Å². The zero-order chi connectivity index (χ0) is 15.7. The minimum atomic E-state index is -4.09. The van der Waals surface area contributed by atoms with E-state index in [0.29, 0.717) is 0 Å². The first-order chi connectivity index (χ1) is 8.95. The highest BCUT2D eigenvalue weighted by Crippen LogP contribution is 2.27. The minimum absolute atomic E-state index is 0.0278. The maximum Gasteiger partial charge on any atom is 0.322 e. The number of sulfonamides is 1. The number of nitrogens with one attached hydrogen (secondary N) is 1. The van der Waals surface area contributed by atoms with Crippen LogP contribution in [0.3, 0.4) is 0 Å². The predicted octanol–water partition coefficient (Wildman–Crippen LogP) is 2.77. The zero-order valence-electron chi connectivity index (χ0n) is 11.1. The van der Waals surface area contributed by atoms with E-state index >= 15 is 0 Å². The summed E-state index contributed by atoms with van der Waals surface area (Å²) in [5.41, 5.74) is -0.802. The molecule has 0 fully saturated rings. The van der Waals surface area contributed by atoms with E-state index in [1.165, 1.54) is 18.2 Å². The lowest BCUT2D eigenvalue weighted by molar-refractivity contribution is -0.141. The Kier molecular flexibility index (Phi) is 5.08. The Balaban J connectivity index is 3.24. The fourth-order valence-corrected chi connectivity index (χ4v) is 3.66. The quantitative estimate of drug-likeness (QED) is 0.883. The van der Waals surface area contributed by atoms with Crippen molar-refractivity contribution in [2.45, 2.75) is 31.7 Å². The molecule has 112 valence electrons. The molecule has 1 aromatic carbocycles. The van der Waals surface area contributed by atoms with Crippen LogP contribution in [0.25, 0.3) is 0 Å². The summed E-state index contributed by atoms with van der Waals surface area (Å²) in [6, 6.07) is 2.67. The Morgan fingerprint density at radius 3 is 2.30 bits per heavy atom. The van der Waals surface area contributed by atoms with E-state index in [4.69, 9.17) is 28.3 Å². The molecular formula is C12H15Cl2NO4S. The van der Waals surface area contributed by atoms with Crippen LogP contribution in [0, 0.1) is 5.41 Å². The van der Waals surface area contributed by atoms with Crippen molar-refractivity contribution in [2.75, 3.05) is 0 Å². The molecule has 8 heteroatoms. The lowest BCUT2D eigenvalue weighted by atomic mass is 9.88. The highest BCUT2D eigenvalue weighted by atomic mass is 35.5. The second-order valence-corrected chi connectivity index (χ2v) is 7.86. The molecule has 0 aliphatic carbocycles. The van der Waals surface area contributed by atoms with Crippen LogP contribution in [0.15, 0.2) is 23.1 Å². The molecule has 1 rings (SSSR count). The topological polar surface area (TPSA) is 83.5 Å². The van der Waals surface area contributed by atoms with Gasteiger partial charge in [-0.05, 0) is 23.6 Å². The van der Waals surface area contributed by atoms with E-state index in [-0.39, 0.29) is 14.9 Å². The van der Waals surface area contributed by atoms with Crippen LogP contribution >= 0.6 is 23.2 Å². The van der Waals surface area contributed by atoms with Gasteiger partial charge in [0.05, 0.1) is 5.02 Å². The third-order valence-corrected chi connectivity index (χ3v) is 4.71. The number of carboxylic acid groups (broad SMARTS) is 1. The van der Waals surface area contributed by atoms with Gasteiger partial charge in [0.25, 0.3) is 0 Å². The summed E-state index contributed by atoms with van der Waals surface area (Å²) in [5, 5.41) is 9.32. The molecule has 0 aliphatic rings. The molecule has 0 saturated heterocycles. The van der Waals surface area contributed by atoms with E-state index in [1.54, 1.807) is 20.8 Å². The SMILES string of the molecule is CC(C)(C)C(NS(=O)(=O)c1cc(Cl)ccc1Cl)C(=O)O. The molecule has 1 aromatic rings. The number of carboxylic acids is 1. The molecule has 1 atom stereocenters. The number of aliphatic carboxylic acids is 1. The number of benzene rings is 1. The number of rotatable bonds is 4. The monoisotopic (exact) mass is 339 g/mol. The summed E-state index contributed by atoms with van der Waals surface area (Å²) < 4.78 is 26.6. The van der Waals surface area contributed by atoms with Crippen molar-refractivity contribution >= 4 is 39.2 Å². The predicted molar refractivity (Wildman–Crippen MR) is 77.7 cm³/mol. The number of hydrogen-bond acceptors (Lipinski definition) is 3. The Labute approximate surface area is 127 Å². The standard InChI is InChI=1S/C12H15Cl2NO4S/c1-12(2,3)10(11(16)17)15-20(18,19)9-6-7(13)4-5-8(9)14/h4-6,10,15H,1-3H3,(H,16,17). The van der Waals surface area contributed by atoms with Gasteiger partial charge in [-0.25, -0.2) is 8.42 Å². The Hall–Kier alpha value is -0.820. The Bertz CT molecular complexity index is 623. The molecular weight excluding hydrogens is 325 g/mol. The number of halogens is 2. The van der Waals surface area contributed by atoms with Crippen molar-refractivity contribution in [3.8, 4) is 0 Å². The van der Waals surface area contributed by atoms with Crippen LogP contribution in [0.2, 0.25) is 10.0 Å². The van der Waals surface area contributed by atoms with E-state index in [0.717, 1.165) is 0 Å². The largest absolute Gasteiger partial charge is 0.480 e. The third kappa shape index (κ3) is 4.09. The maximum atomic E-state index is 12.2. The smallest absolute Gasteiger partial charge is 0.322 e. The molecule has 20 heavy (non-hydrogen) atoms. The number of hydrogen-bond donors (Lipinski definition) is 2. The number of carbonyl (C=O) groups is 1. The molecule has 0 spiro atoms. The van der Waals surface area contributed by atoms with Crippen molar-refractivity contribution < 1.29 is 18.3 Å². The summed E-state index contributed by atoms with van der Waals surface area (Å²) in [6.07, 6.45) is 0. The van der Waals surface area contributed by atoms with Gasteiger partial charge in [-0.3, -0.25) is 4.79 Å². The molecule has 5 nitrogen and oxygen atoms in total. The summed E-state index contributed by atoms with van der Waals surface area (Å²) in [4.78, 5) is 11.0. The first-order valence-electron chi connectivity index (χ1n) is 5.65. The molecule has 0 bridgehead atoms. The van der Waals surface area contributed by atoms with Gasteiger partial charge in [0, 0.05) is 5.02 Å². The van der Waals surface area contributed by atoms with Gasteiger partial charge in [-0.1, -0.05) is 44.0 Å². The Morgan fingerprint density at radius 2 is 1.85 bits per heavy atom. The molecule has 0 amide bonds. The van der Waals surface area contributed by atoms with Crippen LogP contribution in [-0.4, -0.2) is 25.5 Å². The van der Waals surface area contributed by atoms with Crippen molar-refractivity contribution in [1.29, 1.82) is 0 Å². The maximum absolute atomic E-state index is 12.2. The van der Waals surface area contributed by atoms with Crippen LogP contribution in [-0.2, 0) is 14.8 Å². The lowest BCUT2D eigenvalue weighted by Gasteiger charge is -2.27. The van der Waals surface area contributed by atoms with E-state index < -0.39 is 27.4 Å². The normalized spacial score (nSPS) is 14.1. The van der Waals surface area contributed by atoms with Gasteiger partial charge in [0.15, 0.2) is 0 Å². The lowest BCUT2D eigenvalue weighted by Crippen LogP contribution is -2.49. The van der Waals surface area contributed by atoms with Crippen LogP contribution in [0.5, 0.6) is 0 Å². The van der Waals surface area contributed by atoms with E-state index in [1.807, 2.05) is 0 Å². The van der Waals surface area contributed by atoms with Gasteiger partial charge in [-0.15, -0.1) is 0 Å². The van der Waals surface area contributed by atoms with Crippen LogP contribution in [0.1, 0.15) is 20.8 Å². The van der Waals surface area contributed by atoms with Crippen molar-refractivity contribution in [2.24, 2.45) is 5.41 Å². The van der Waals surface area contributed by atoms with Crippen LogP contribution in [0.4, 0.5) is 0 Å². The highest BCUT2D eigenvalue weighted by molar-refractivity contribution is 7.89. The average Bonchev–Trinajstić information content (AvgIpc) is 2.27. The van der Waals surface area contributed by atoms with E-state index in [9.17, 15) is 13.2 Å². The van der Waals surface area contributed by atoms with Gasteiger partial charge < -0.3 is 5.11 Å². The van der Waals surface area contributed by atoms with E-state index in [2.05, 4.69) is 4.72 Å². The fraction of sp³-hybridized carbons (Fsp3) is 0.417. The summed E-state index contributed by atoms with van der Waals surface area (Å²) in [7, 11) is -4.09. The molecule has 0 saturated carbocycles. The molecule has 0 aliphatic heterocycles. The Morgan fingerprint density at radius 1 is 1.30 bits per heavy atom. The third-order valence-electron chi connectivity index (χ3n) is 2.57. The summed E-state index contributed by atoms with van der Waals surface area (Å²) in [6.45, 7) is 4.86. The second kappa shape index (κ2) is 5.89. The molecule has 0 aromatic heterocycles. The average molecular weight is 340 g/mol. The van der Waals surface area contributed by atoms with Gasteiger partial charge in [0.1, 0.15) is 10.9 Å². The highest BCUT2D eigenvalue weighted by Gasteiger charge is 2.35. The fourth-order valence-electron chi connectivity index (χ4n) is 1.50. The first-order valence-corrected chi connectivity index (χ1v) is 7.89. The summed E-state index contributed by atoms with van der Waals surface area (Å²) >= 11 is 11.6. The van der Waals surface area contributed by atoms with Crippen molar-refractivity contribution in [1.82, 2.24) is 4.72 Å². The van der Waals surface area contributed by atoms with Gasteiger partial charge in [-0.2, -0.15) is 4.72 Å². The van der Waals surface area contributed by atoms with Gasteiger partial charge >= 0.3 is 5.97 Å². The van der Waals surface area contributed by atoms with Crippen molar-refractivity contribution in [3.05, 3.63) is 28.2 Å². The second-order valence-electron chi connectivity index (χ2n) is 5.33. The van der Waals surface area contributed by atoms with Crippen LogP contribution < -0.4 is 4.72 Å². The molecule has 1 unspecified atom stereocenters. The molecule has 0 radical (unpaired) electrons. The molecule has 0 heterocycles. The zero-order valence-corrected chi connectivity index (χ0v) is 13.5.